The van der Waals surface area contributed by atoms with Gasteiger partial charge in [0, 0.05) is 29.7 Å². The molecule has 1 aromatic heterocycles. The van der Waals surface area contributed by atoms with Crippen molar-refractivity contribution in [2.24, 2.45) is 0 Å². The Bertz CT molecular complexity index is 1240. The van der Waals surface area contributed by atoms with E-state index in [4.69, 9.17) is 0 Å². The van der Waals surface area contributed by atoms with Gasteiger partial charge in [-0.25, -0.2) is 4.39 Å². The molecule has 1 amide bonds. The van der Waals surface area contributed by atoms with Crippen LogP contribution in [0.3, 0.4) is 0 Å². The topological polar surface area (TPSA) is 79.7 Å². The molecule has 1 fully saturated rings. The number of nitrogens with zero attached hydrogens (tertiary/aromatic N) is 2. The summed E-state index contributed by atoms with van der Waals surface area (Å²) >= 11 is 0. The molecule has 1 aliphatic rings. The maximum Gasteiger partial charge on any atom is 0.573 e. The largest absolute Gasteiger partial charge is 0.573 e. The van der Waals surface area contributed by atoms with E-state index in [0.29, 0.717) is 5.56 Å². The number of aliphatic hydroxyl groups is 1. The van der Waals surface area contributed by atoms with Gasteiger partial charge in [0.25, 0.3) is 11.7 Å². The maximum atomic E-state index is 13.3. The van der Waals surface area contributed by atoms with E-state index in [2.05, 4.69) is 9.72 Å². The summed E-state index contributed by atoms with van der Waals surface area (Å²) < 4.78 is 55.3. The van der Waals surface area contributed by atoms with Crippen molar-refractivity contribution in [1.82, 2.24) is 4.98 Å². The van der Waals surface area contributed by atoms with Crippen LogP contribution >= 0.6 is 0 Å². The summed E-state index contributed by atoms with van der Waals surface area (Å²) in [5, 5.41) is 10.9. The molecule has 0 aliphatic carbocycles. The number of rotatable bonds is 4. The Hall–Kier alpha value is -4.21. The molecule has 168 valence electrons. The van der Waals surface area contributed by atoms with Gasteiger partial charge >= 0.3 is 6.36 Å². The first-order valence-electron chi connectivity index (χ1n) is 9.48. The number of hydrogen-bond acceptors (Lipinski definition) is 5. The van der Waals surface area contributed by atoms with Gasteiger partial charge in [-0.1, -0.05) is 6.07 Å². The molecule has 1 unspecified atom stereocenters. The lowest BCUT2D eigenvalue weighted by molar-refractivity contribution is -0.274. The number of amides is 1. The number of hydrogen-bond donors (Lipinski definition) is 1. The van der Waals surface area contributed by atoms with Crippen LogP contribution < -0.4 is 9.64 Å². The molecule has 0 spiro atoms. The van der Waals surface area contributed by atoms with Crippen molar-refractivity contribution >= 4 is 23.1 Å². The zero-order valence-corrected chi connectivity index (χ0v) is 16.6. The van der Waals surface area contributed by atoms with Gasteiger partial charge in [-0.3, -0.25) is 19.5 Å². The number of aromatic nitrogens is 1. The van der Waals surface area contributed by atoms with Crippen LogP contribution in [-0.2, 0) is 9.59 Å². The minimum atomic E-state index is -4.96. The van der Waals surface area contributed by atoms with Crippen molar-refractivity contribution < 1.29 is 37.0 Å². The van der Waals surface area contributed by atoms with Crippen LogP contribution in [0.2, 0.25) is 0 Å². The molecule has 0 bridgehead atoms. The van der Waals surface area contributed by atoms with Crippen LogP contribution in [0.15, 0.2) is 78.6 Å². The zero-order chi connectivity index (χ0) is 23.8. The Morgan fingerprint density at radius 3 is 2.30 bits per heavy atom. The smallest absolute Gasteiger partial charge is 0.507 e. The second-order valence-corrected chi connectivity index (χ2v) is 7.00. The van der Waals surface area contributed by atoms with Crippen molar-refractivity contribution in [2.45, 2.75) is 12.4 Å². The van der Waals surface area contributed by atoms with Crippen molar-refractivity contribution in [3.8, 4) is 5.75 Å². The molecule has 6 nitrogen and oxygen atoms in total. The van der Waals surface area contributed by atoms with Gasteiger partial charge in [0.1, 0.15) is 17.3 Å². The van der Waals surface area contributed by atoms with E-state index >= 15 is 0 Å². The van der Waals surface area contributed by atoms with Crippen molar-refractivity contribution in [1.29, 1.82) is 0 Å². The molecule has 4 rings (SSSR count). The van der Waals surface area contributed by atoms with E-state index in [1.54, 1.807) is 0 Å². The lowest BCUT2D eigenvalue weighted by Crippen LogP contribution is -2.29. The van der Waals surface area contributed by atoms with Gasteiger partial charge in [-0.2, -0.15) is 0 Å². The number of halogens is 4. The fraction of sp³-hybridized carbons (Fsp3) is 0.0870. The van der Waals surface area contributed by atoms with E-state index in [0.717, 1.165) is 29.2 Å². The summed E-state index contributed by atoms with van der Waals surface area (Å²) in [5.41, 5.74) is 0.0939. The third-order valence-electron chi connectivity index (χ3n) is 4.91. The SMILES string of the molecule is O=C1C(=O)N(c2cccc(OC(F)(F)F)c2)C(c2ccncc2)/C1=C(\O)c1ccc(F)cc1. The molecule has 0 radical (unpaired) electrons. The normalized spacial score (nSPS) is 17.9. The Morgan fingerprint density at radius 1 is 1.00 bits per heavy atom. The van der Waals surface area contributed by atoms with E-state index < -0.39 is 41.4 Å². The van der Waals surface area contributed by atoms with E-state index in [-0.39, 0.29) is 16.8 Å². The van der Waals surface area contributed by atoms with Gasteiger partial charge in [-0.15, -0.1) is 13.2 Å². The first-order chi connectivity index (χ1) is 15.7. The number of carbonyl (C=O) groups is 2. The summed E-state index contributed by atoms with van der Waals surface area (Å²) in [7, 11) is 0. The molecule has 0 saturated carbocycles. The van der Waals surface area contributed by atoms with Gasteiger partial charge in [0.2, 0.25) is 0 Å². The molecule has 1 aliphatic heterocycles. The molecular weight excluding hydrogens is 444 g/mol. The quantitative estimate of drug-likeness (QED) is 0.264. The first kappa shape index (κ1) is 22.0. The Morgan fingerprint density at radius 2 is 1.67 bits per heavy atom. The van der Waals surface area contributed by atoms with Crippen molar-refractivity contribution in [3.05, 3.63) is 95.6 Å². The fourth-order valence-corrected chi connectivity index (χ4v) is 3.55. The molecule has 2 aromatic carbocycles. The predicted octanol–water partition coefficient (Wildman–Crippen LogP) is 4.75. The number of carbonyl (C=O) groups excluding carboxylic acids is 2. The van der Waals surface area contributed by atoms with Crippen LogP contribution in [-0.4, -0.2) is 28.1 Å². The lowest BCUT2D eigenvalue weighted by atomic mass is 9.96. The van der Waals surface area contributed by atoms with Gasteiger partial charge in [0.05, 0.1) is 11.6 Å². The van der Waals surface area contributed by atoms with E-state index in [1.807, 2.05) is 0 Å². The molecule has 1 atom stereocenters. The highest BCUT2D eigenvalue weighted by molar-refractivity contribution is 6.51. The van der Waals surface area contributed by atoms with Gasteiger partial charge < -0.3 is 9.84 Å². The highest BCUT2D eigenvalue weighted by atomic mass is 19.4. The summed E-state index contributed by atoms with van der Waals surface area (Å²) in [4.78, 5) is 30.8. The van der Waals surface area contributed by atoms with Crippen LogP contribution in [0.1, 0.15) is 17.2 Å². The third kappa shape index (κ3) is 4.40. The molecule has 10 heteroatoms. The number of aliphatic hydroxyl groups excluding tert-OH is 1. The Kier molecular flexibility index (Phi) is 5.59. The molecule has 3 aromatic rings. The summed E-state index contributed by atoms with van der Waals surface area (Å²) in [6.07, 6.45) is -2.16. The number of anilines is 1. The summed E-state index contributed by atoms with van der Waals surface area (Å²) in [6, 6.07) is 11.0. The zero-order valence-electron chi connectivity index (χ0n) is 16.6. The van der Waals surface area contributed by atoms with Crippen LogP contribution in [0.5, 0.6) is 5.75 Å². The molecule has 2 heterocycles. The molecular formula is C23H14F4N2O4. The van der Waals surface area contributed by atoms with Crippen LogP contribution in [0, 0.1) is 5.82 Å². The van der Waals surface area contributed by atoms with Crippen LogP contribution in [0.4, 0.5) is 23.2 Å². The highest BCUT2D eigenvalue weighted by Gasteiger charge is 2.47. The second-order valence-electron chi connectivity index (χ2n) is 7.00. The highest BCUT2D eigenvalue weighted by Crippen LogP contribution is 2.42. The maximum absolute atomic E-state index is 13.3. The molecule has 33 heavy (non-hydrogen) atoms. The number of pyridine rings is 1. The minimum absolute atomic E-state index is 0.0566. The van der Waals surface area contributed by atoms with Crippen LogP contribution in [0.25, 0.3) is 5.76 Å². The van der Waals surface area contributed by atoms with E-state index in [9.17, 15) is 32.3 Å². The Labute approximate surface area is 184 Å². The molecule has 1 saturated heterocycles. The fourth-order valence-electron chi connectivity index (χ4n) is 3.55. The van der Waals surface area contributed by atoms with Crippen molar-refractivity contribution in [3.63, 3.8) is 0 Å². The third-order valence-corrected chi connectivity index (χ3v) is 4.91. The number of alkyl halides is 3. The van der Waals surface area contributed by atoms with E-state index in [1.165, 1.54) is 48.8 Å². The Balaban J connectivity index is 1.88. The van der Waals surface area contributed by atoms with Crippen molar-refractivity contribution in [2.75, 3.05) is 4.90 Å². The standard InChI is InChI=1S/C23H14F4N2O4/c24-15-6-4-14(5-7-15)20(30)18-19(13-8-10-28-11-9-13)29(22(32)21(18)31)16-2-1-3-17(12-16)33-23(25,26)27/h1-12,19,30H/b20-18+. The number of ketones is 1. The number of ether oxygens (including phenoxy) is 1. The lowest BCUT2D eigenvalue weighted by Gasteiger charge is -2.25. The van der Waals surface area contributed by atoms with Gasteiger partial charge in [-0.05, 0) is 54.1 Å². The first-order valence-corrected chi connectivity index (χ1v) is 9.48. The number of Topliss-reactive ketones (excluding diaryl/α,β-unsaturated/α-hetero) is 1. The minimum Gasteiger partial charge on any atom is -0.507 e. The average molecular weight is 458 g/mol. The monoisotopic (exact) mass is 458 g/mol. The predicted molar refractivity (Wildman–Crippen MR) is 109 cm³/mol. The molecule has 1 N–H and O–H groups in total. The van der Waals surface area contributed by atoms with Gasteiger partial charge in [0.15, 0.2) is 0 Å². The summed E-state index contributed by atoms with van der Waals surface area (Å²) in [5.74, 6) is -3.83. The number of benzene rings is 2. The second kappa shape index (κ2) is 8.38. The average Bonchev–Trinajstić information content (AvgIpc) is 3.04. The summed E-state index contributed by atoms with van der Waals surface area (Å²) in [6.45, 7) is 0.